The summed E-state index contributed by atoms with van der Waals surface area (Å²) >= 11 is 0. The minimum atomic E-state index is -0.485. The summed E-state index contributed by atoms with van der Waals surface area (Å²) in [7, 11) is 1.63. The van der Waals surface area contributed by atoms with Crippen LogP contribution in [0.4, 0.5) is 5.95 Å². The Balaban J connectivity index is 3.20. The van der Waals surface area contributed by atoms with Crippen molar-refractivity contribution in [1.29, 1.82) is 0 Å². The van der Waals surface area contributed by atoms with Gasteiger partial charge in [-0.3, -0.25) is 0 Å². The van der Waals surface area contributed by atoms with E-state index < -0.39 is 5.69 Å². The van der Waals surface area contributed by atoms with E-state index in [0.29, 0.717) is 12.6 Å². The van der Waals surface area contributed by atoms with Crippen LogP contribution in [0.2, 0.25) is 0 Å². The van der Waals surface area contributed by atoms with Crippen LogP contribution in [0.5, 0.6) is 0 Å². The van der Waals surface area contributed by atoms with Gasteiger partial charge in [-0.1, -0.05) is 9.52 Å². The molecule has 0 bridgehead atoms. The zero-order chi connectivity index (χ0) is 9.84. The van der Waals surface area contributed by atoms with Gasteiger partial charge in [-0.2, -0.15) is 5.10 Å². The number of anilines is 1. The van der Waals surface area contributed by atoms with Crippen LogP contribution in [0, 0.1) is 0 Å². The zero-order valence-corrected chi connectivity index (χ0v) is 7.52. The first-order chi connectivity index (χ1) is 6.24. The molecular weight excluding hydrogens is 174 g/mol. The molecule has 1 aromatic heterocycles. The number of nitrogens with zero attached hydrogens (tertiary/aromatic N) is 4. The molecular formula is C6H11N5O2. The molecule has 0 saturated heterocycles. The summed E-state index contributed by atoms with van der Waals surface area (Å²) in [6, 6.07) is 0. The van der Waals surface area contributed by atoms with Gasteiger partial charge < -0.3 is 10.2 Å². The normalized spacial score (nSPS) is 9.69. The predicted molar refractivity (Wildman–Crippen MR) is 48.1 cm³/mol. The first kappa shape index (κ1) is 9.30. The summed E-state index contributed by atoms with van der Waals surface area (Å²) in [6.07, 6.45) is 0. The highest BCUT2D eigenvalue weighted by Gasteiger charge is 2.11. The molecule has 0 amide bonds. The molecule has 0 atom stereocenters. The average molecular weight is 185 g/mol. The number of rotatable bonds is 4. The maximum absolute atomic E-state index is 11.3. The smallest absolute Gasteiger partial charge is 0.402 e. The van der Waals surface area contributed by atoms with Gasteiger partial charge in [0.2, 0.25) is 0 Å². The maximum Gasteiger partial charge on any atom is 0.402 e. The summed E-state index contributed by atoms with van der Waals surface area (Å²) in [5.74, 6) is 0.291. The van der Waals surface area contributed by atoms with Crippen LogP contribution in [0.25, 0.3) is 0 Å². The minimum Gasteiger partial charge on any atom is -0.406 e. The largest absolute Gasteiger partial charge is 0.406 e. The van der Waals surface area contributed by atoms with Crippen LogP contribution < -0.4 is 15.8 Å². The van der Waals surface area contributed by atoms with E-state index in [-0.39, 0.29) is 0 Å². The van der Waals surface area contributed by atoms with E-state index in [1.165, 1.54) is 0 Å². The second-order valence-corrected chi connectivity index (χ2v) is 2.10. The van der Waals surface area contributed by atoms with Gasteiger partial charge in [-0.25, -0.2) is 4.79 Å². The molecule has 0 radical (unpaired) electrons. The van der Waals surface area contributed by atoms with Crippen molar-refractivity contribution in [2.45, 2.75) is 6.92 Å². The summed E-state index contributed by atoms with van der Waals surface area (Å²) in [6.45, 7) is 5.34. The van der Waals surface area contributed by atoms with Crippen molar-refractivity contribution in [3.63, 3.8) is 0 Å². The molecule has 0 aromatic carbocycles. The van der Waals surface area contributed by atoms with E-state index in [0.717, 1.165) is 9.52 Å². The van der Waals surface area contributed by atoms with Crippen LogP contribution in [-0.4, -0.2) is 35.0 Å². The zero-order valence-electron chi connectivity index (χ0n) is 7.52. The van der Waals surface area contributed by atoms with E-state index >= 15 is 0 Å². The second-order valence-electron chi connectivity index (χ2n) is 2.10. The summed E-state index contributed by atoms with van der Waals surface area (Å²) in [5.41, 5.74) is -0.485. The molecule has 1 aromatic rings. The monoisotopic (exact) mass is 185 g/mol. The van der Waals surface area contributed by atoms with Crippen LogP contribution in [0.3, 0.4) is 0 Å². The highest BCUT2D eigenvalue weighted by molar-refractivity contribution is 5.24. The van der Waals surface area contributed by atoms with Gasteiger partial charge in [0, 0.05) is 13.8 Å². The lowest BCUT2D eigenvalue weighted by Gasteiger charge is -2.02. The van der Waals surface area contributed by atoms with Crippen molar-refractivity contribution < 1.29 is 4.84 Å². The first-order valence-corrected chi connectivity index (χ1v) is 3.74. The third-order valence-corrected chi connectivity index (χ3v) is 1.34. The molecule has 7 heteroatoms. The minimum absolute atomic E-state index is 0.291. The van der Waals surface area contributed by atoms with Crippen molar-refractivity contribution in [3.8, 4) is 0 Å². The van der Waals surface area contributed by atoms with E-state index in [4.69, 9.17) is 4.84 Å². The van der Waals surface area contributed by atoms with Gasteiger partial charge in [-0.15, -0.1) is 5.10 Å². The van der Waals surface area contributed by atoms with Crippen molar-refractivity contribution >= 4 is 12.7 Å². The van der Waals surface area contributed by atoms with E-state index in [1.54, 1.807) is 14.0 Å². The van der Waals surface area contributed by atoms with E-state index in [1.807, 2.05) is 0 Å². The van der Waals surface area contributed by atoms with E-state index in [2.05, 4.69) is 22.2 Å². The highest BCUT2D eigenvalue weighted by atomic mass is 16.7. The molecule has 0 aliphatic carbocycles. The molecule has 0 saturated carbocycles. The molecule has 7 nitrogen and oxygen atoms in total. The van der Waals surface area contributed by atoms with Gasteiger partial charge >= 0.3 is 5.69 Å². The lowest BCUT2D eigenvalue weighted by molar-refractivity contribution is 0.116. The molecule has 1 N–H and O–H groups in total. The Labute approximate surface area is 74.6 Å². The van der Waals surface area contributed by atoms with Crippen molar-refractivity contribution in [1.82, 2.24) is 14.6 Å². The number of hydrogen-bond acceptors (Lipinski definition) is 5. The standard InChI is InChI=1S/C6H11N5O2/c1-4-13-10-5(7-2)9-11(8-3)6(10)12/h3-4H2,1-2H3,(H,7,9). The molecule has 0 unspecified atom stereocenters. The third kappa shape index (κ3) is 1.53. The maximum atomic E-state index is 11.3. The molecule has 0 aliphatic rings. The molecule has 0 aliphatic heterocycles. The van der Waals surface area contributed by atoms with Gasteiger partial charge in [0.1, 0.15) is 6.61 Å². The van der Waals surface area contributed by atoms with Crippen LogP contribution >= 0.6 is 0 Å². The SMILES string of the molecule is C=Nn1nc(NC)n(OCC)c1=O. The first-order valence-electron chi connectivity index (χ1n) is 3.74. The Morgan fingerprint density at radius 1 is 1.77 bits per heavy atom. The number of nitrogens with one attached hydrogen (secondary N) is 1. The fourth-order valence-electron chi connectivity index (χ4n) is 0.834. The predicted octanol–water partition coefficient (Wildman–Crippen LogP) is -1.00. The molecule has 0 fully saturated rings. The molecule has 13 heavy (non-hydrogen) atoms. The van der Waals surface area contributed by atoms with Crippen molar-refractivity contribution in [2.75, 3.05) is 19.0 Å². The van der Waals surface area contributed by atoms with Gasteiger partial charge in [0.05, 0.1) is 0 Å². The van der Waals surface area contributed by atoms with Crippen LogP contribution in [-0.2, 0) is 0 Å². The number of aromatic nitrogens is 3. The average Bonchev–Trinajstić information content (AvgIpc) is 2.45. The molecule has 1 rings (SSSR count). The third-order valence-electron chi connectivity index (χ3n) is 1.34. The molecule has 0 spiro atoms. The number of hydrogen-bond donors (Lipinski definition) is 1. The summed E-state index contributed by atoms with van der Waals surface area (Å²) in [4.78, 5) is 17.2. The van der Waals surface area contributed by atoms with Gasteiger partial charge in [0.25, 0.3) is 5.95 Å². The Hall–Kier alpha value is -1.79. The highest BCUT2D eigenvalue weighted by Crippen LogP contribution is 1.94. The molecule has 72 valence electrons. The fraction of sp³-hybridized carbons (Fsp3) is 0.500. The lowest BCUT2D eigenvalue weighted by Crippen LogP contribution is -2.28. The fourth-order valence-corrected chi connectivity index (χ4v) is 0.834. The summed E-state index contributed by atoms with van der Waals surface area (Å²) in [5, 5.41) is 9.85. The van der Waals surface area contributed by atoms with Gasteiger partial charge in [-0.05, 0) is 6.92 Å². The van der Waals surface area contributed by atoms with Crippen molar-refractivity contribution in [2.24, 2.45) is 5.10 Å². The topological polar surface area (TPSA) is 73.4 Å². The van der Waals surface area contributed by atoms with Crippen LogP contribution in [0.15, 0.2) is 9.90 Å². The second kappa shape index (κ2) is 3.74. The lowest BCUT2D eigenvalue weighted by atomic mass is 10.9. The molecule has 1 heterocycles. The Bertz CT molecular complexity index is 352. The Morgan fingerprint density at radius 3 is 2.92 bits per heavy atom. The quantitative estimate of drug-likeness (QED) is 0.610. The van der Waals surface area contributed by atoms with Crippen LogP contribution in [0.1, 0.15) is 6.92 Å². The van der Waals surface area contributed by atoms with Gasteiger partial charge in [0.15, 0.2) is 0 Å². The summed E-state index contributed by atoms with van der Waals surface area (Å²) < 4.78 is 1.02. The van der Waals surface area contributed by atoms with E-state index in [9.17, 15) is 4.79 Å². The Morgan fingerprint density at radius 2 is 2.46 bits per heavy atom. The van der Waals surface area contributed by atoms with Crippen molar-refractivity contribution in [3.05, 3.63) is 10.5 Å². The Kier molecular flexibility index (Phi) is 2.68.